The van der Waals surface area contributed by atoms with Gasteiger partial charge in [-0.25, -0.2) is 0 Å². The molecule has 6 nitrogen and oxygen atoms in total. The number of rotatable bonds is 7. The molecule has 0 saturated heterocycles. The molecule has 6 heteroatoms. The molecule has 0 atom stereocenters. The van der Waals surface area contributed by atoms with Gasteiger partial charge in [-0.05, 0) is 45.2 Å². The average molecular weight is 340 g/mol. The fourth-order valence-corrected chi connectivity index (χ4v) is 2.51. The van der Waals surface area contributed by atoms with Crippen LogP contribution in [0.5, 0.6) is 5.75 Å². The van der Waals surface area contributed by atoms with Crippen molar-refractivity contribution in [3.63, 3.8) is 0 Å². The smallest absolute Gasteiger partial charge is 0.264 e. The second-order valence-corrected chi connectivity index (χ2v) is 6.32. The van der Waals surface area contributed by atoms with Crippen LogP contribution in [0.25, 0.3) is 11.6 Å². The van der Waals surface area contributed by atoms with E-state index in [4.69, 9.17) is 9.15 Å². The summed E-state index contributed by atoms with van der Waals surface area (Å²) in [5, 5.41) is 8.30. The summed E-state index contributed by atoms with van der Waals surface area (Å²) in [6, 6.07) is 12.1. The molecule has 0 radical (unpaired) electrons. The van der Waals surface area contributed by atoms with Crippen molar-refractivity contribution in [2.75, 3.05) is 20.2 Å². The highest BCUT2D eigenvalue weighted by atomic mass is 16.5. The first kappa shape index (κ1) is 17.2. The summed E-state index contributed by atoms with van der Waals surface area (Å²) < 4.78 is 13.6. The molecule has 25 heavy (non-hydrogen) atoms. The van der Waals surface area contributed by atoms with Crippen molar-refractivity contribution >= 4 is 0 Å². The number of nitrogens with zero attached hydrogens (tertiary/aromatic N) is 4. The number of ether oxygens (including phenoxy) is 1. The highest BCUT2D eigenvalue weighted by Crippen LogP contribution is 2.20. The van der Waals surface area contributed by atoms with Crippen LogP contribution in [0.15, 0.2) is 40.8 Å². The highest BCUT2D eigenvalue weighted by molar-refractivity contribution is 5.48. The van der Waals surface area contributed by atoms with E-state index in [1.807, 2.05) is 62.0 Å². The minimum Gasteiger partial charge on any atom is -0.492 e. The monoisotopic (exact) mass is 340 g/mol. The van der Waals surface area contributed by atoms with Crippen molar-refractivity contribution in [3.05, 3.63) is 53.5 Å². The molecule has 0 N–H and O–H groups in total. The first-order valence-corrected chi connectivity index (χ1v) is 8.36. The summed E-state index contributed by atoms with van der Waals surface area (Å²) in [5.41, 5.74) is 3.31. The Bertz CT molecular complexity index is 820. The first-order valence-electron chi connectivity index (χ1n) is 8.36. The van der Waals surface area contributed by atoms with Gasteiger partial charge < -0.3 is 13.7 Å². The van der Waals surface area contributed by atoms with Crippen LogP contribution in [-0.2, 0) is 13.6 Å². The Labute approximate surface area is 148 Å². The third-order valence-electron chi connectivity index (χ3n) is 4.23. The molecular weight excluding hydrogens is 316 g/mol. The Morgan fingerprint density at radius 1 is 1.08 bits per heavy atom. The van der Waals surface area contributed by atoms with Gasteiger partial charge in [-0.2, -0.15) is 0 Å². The molecule has 0 aliphatic heterocycles. The second-order valence-electron chi connectivity index (χ2n) is 6.32. The molecule has 0 spiro atoms. The van der Waals surface area contributed by atoms with Gasteiger partial charge in [0.2, 0.25) is 5.89 Å². The Morgan fingerprint density at radius 3 is 2.52 bits per heavy atom. The molecule has 0 aliphatic carbocycles. The number of aryl methyl sites for hydroxylation is 2. The molecule has 0 bridgehead atoms. The van der Waals surface area contributed by atoms with E-state index in [9.17, 15) is 0 Å². The Morgan fingerprint density at radius 2 is 1.84 bits per heavy atom. The molecule has 132 valence electrons. The molecular formula is C19H24N4O2. The second kappa shape index (κ2) is 7.53. The Hall–Kier alpha value is -2.60. The van der Waals surface area contributed by atoms with E-state index in [0.29, 0.717) is 24.9 Å². The maximum atomic E-state index is 5.79. The summed E-state index contributed by atoms with van der Waals surface area (Å²) >= 11 is 0. The van der Waals surface area contributed by atoms with E-state index >= 15 is 0 Å². The van der Waals surface area contributed by atoms with Crippen LogP contribution in [0.1, 0.15) is 17.1 Å². The number of likely N-dealkylation sites (N-methyl/N-ethyl adjacent to an activating group) is 1. The van der Waals surface area contributed by atoms with Gasteiger partial charge >= 0.3 is 0 Å². The molecule has 1 aromatic carbocycles. The topological polar surface area (TPSA) is 56.3 Å². The molecule has 2 aromatic heterocycles. The van der Waals surface area contributed by atoms with Crippen LogP contribution >= 0.6 is 0 Å². The van der Waals surface area contributed by atoms with Crippen LogP contribution in [0.4, 0.5) is 0 Å². The van der Waals surface area contributed by atoms with Gasteiger partial charge in [-0.3, -0.25) is 4.90 Å². The SMILES string of the molecule is Cc1ccc(OCCN(C)Cc2nnc(-c3ccc(C)n3C)o2)cc1. The van der Waals surface area contributed by atoms with Crippen molar-refractivity contribution in [2.24, 2.45) is 7.05 Å². The summed E-state index contributed by atoms with van der Waals surface area (Å²) in [6.07, 6.45) is 0. The predicted octanol–water partition coefficient (Wildman–Crippen LogP) is 3.20. The lowest BCUT2D eigenvalue weighted by atomic mass is 10.2. The van der Waals surface area contributed by atoms with Gasteiger partial charge in [-0.15, -0.1) is 10.2 Å². The minimum absolute atomic E-state index is 0.551. The lowest BCUT2D eigenvalue weighted by Gasteiger charge is -2.14. The molecule has 2 heterocycles. The zero-order valence-corrected chi connectivity index (χ0v) is 15.2. The largest absolute Gasteiger partial charge is 0.492 e. The quantitative estimate of drug-likeness (QED) is 0.661. The van der Waals surface area contributed by atoms with Gasteiger partial charge in [-0.1, -0.05) is 17.7 Å². The van der Waals surface area contributed by atoms with Crippen molar-refractivity contribution in [1.29, 1.82) is 0 Å². The van der Waals surface area contributed by atoms with Crippen molar-refractivity contribution in [1.82, 2.24) is 19.7 Å². The van der Waals surface area contributed by atoms with Crippen molar-refractivity contribution in [3.8, 4) is 17.3 Å². The summed E-state index contributed by atoms with van der Waals surface area (Å²) in [4.78, 5) is 2.10. The van der Waals surface area contributed by atoms with E-state index < -0.39 is 0 Å². The van der Waals surface area contributed by atoms with Crippen LogP contribution in [0.2, 0.25) is 0 Å². The standard InChI is InChI=1S/C19H24N4O2/c1-14-5-8-16(9-6-14)24-12-11-22(3)13-18-20-21-19(25-18)17-10-7-15(2)23(17)4/h5-10H,11-13H2,1-4H3. The van der Waals surface area contributed by atoms with E-state index in [1.165, 1.54) is 5.56 Å². The zero-order valence-electron chi connectivity index (χ0n) is 15.2. The average Bonchev–Trinajstić information content (AvgIpc) is 3.17. The molecule has 3 aromatic rings. The number of hydrogen-bond acceptors (Lipinski definition) is 5. The lowest BCUT2D eigenvalue weighted by molar-refractivity contribution is 0.220. The molecule has 0 fully saturated rings. The summed E-state index contributed by atoms with van der Waals surface area (Å²) in [5.74, 6) is 2.04. The molecule has 0 unspecified atom stereocenters. The molecule has 3 rings (SSSR count). The van der Waals surface area contributed by atoms with Crippen molar-refractivity contribution in [2.45, 2.75) is 20.4 Å². The van der Waals surface area contributed by atoms with E-state index in [1.54, 1.807) is 0 Å². The summed E-state index contributed by atoms with van der Waals surface area (Å²) in [7, 11) is 4.00. The fraction of sp³-hybridized carbons (Fsp3) is 0.368. The van der Waals surface area contributed by atoms with Gasteiger partial charge in [0.15, 0.2) is 0 Å². The van der Waals surface area contributed by atoms with E-state index in [2.05, 4.69) is 22.0 Å². The van der Waals surface area contributed by atoms with Crippen LogP contribution in [0, 0.1) is 13.8 Å². The Kier molecular flexibility index (Phi) is 5.19. The van der Waals surface area contributed by atoms with Crippen LogP contribution < -0.4 is 4.74 Å². The Balaban J connectivity index is 1.50. The number of hydrogen-bond donors (Lipinski definition) is 0. The lowest BCUT2D eigenvalue weighted by Crippen LogP contribution is -2.24. The van der Waals surface area contributed by atoms with Crippen LogP contribution in [0.3, 0.4) is 0 Å². The zero-order chi connectivity index (χ0) is 17.8. The molecule has 0 aliphatic rings. The van der Waals surface area contributed by atoms with Gasteiger partial charge in [0.05, 0.1) is 6.54 Å². The van der Waals surface area contributed by atoms with Crippen molar-refractivity contribution < 1.29 is 9.15 Å². The van der Waals surface area contributed by atoms with E-state index in [0.717, 1.165) is 23.7 Å². The first-order chi connectivity index (χ1) is 12.0. The summed E-state index contributed by atoms with van der Waals surface area (Å²) in [6.45, 7) is 6.08. The third kappa shape index (κ3) is 4.28. The van der Waals surface area contributed by atoms with Gasteiger partial charge in [0.1, 0.15) is 18.1 Å². The minimum atomic E-state index is 0.551. The molecule has 0 amide bonds. The maximum absolute atomic E-state index is 5.79. The normalized spacial score (nSPS) is 11.2. The fourth-order valence-electron chi connectivity index (χ4n) is 2.51. The number of benzene rings is 1. The van der Waals surface area contributed by atoms with Crippen LogP contribution in [-0.4, -0.2) is 39.9 Å². The molecule has 0 saturated carbocycles. The predicted molar refractivity (Wildman–Crippen MR) is 96.5 cm³/mol. The third-order valence-corrected chi connectivity index (χ3v) is 4.23. The van der Waals surface area contributed by atoms with Gasteiger partial charge in [0.25, 0.3) is 5.89 Å². The maximum Gasteiger partial charge on any atom is 0.264 e. The number of aromatic nitrogens is 3. The highest BCUT2D eigenvalue weighted by Gasteiger charge is 2.13. The van der Waals surface area contributed by atoms with E-state index in [-0.39, 0.29) is 0 Å². The van der Waals surface area contributed by atoms with Gasteiger partial charge in [0, 0.05) is 19.3 Å².